The SMILES string of the molecule is COC(=O)c1ccc(NC2CCCC(SC)C2)nc1OC. The van der Waals surface area contributed by atoms with E-state index in [4.69, 9.17) is 9.47 Å². The van der Waals surface area contributed by atoms with Crippen LogP contribution in [-0.2, 0) is 4.74 Å². The van der Waals surface area contributed by atoms with Gasteiger partial charge in [-0.1, -0.05) is 6.42 Å². The van der Waals surface area contributed by atoms with Crippen molar-refractivity contribution in [3.05, 3.63) is 17.7 Å². The van der Waals surface area contributed by atoms with E-state index in [0.29, 0.717) is 22.7 Å². The molecule has 1 heterocycles. The van der Waals surface area contributed by atoms with Gasteiger partial charge in [0, 0.05) is 11.3 Å². The highest BCUT2D eigenvalue weighted by molar-refractivity contribution is 7.99. The van der Waals surface area contributed by atoms with Crippen LogP contribution in [0.4, 0.5) is 5.82 Å². The number of hydrogen-bond donors (Lipinski definition) is 1. The molecule has 0 aromatic carbocycles. The molecule has 21 heavy (non-hydrogen) atoms. The highest BCUT2D eigenvalue weighted by Crippen LogP contribution is 2.29. The first-order chi connectivity index (χ1) is 10.2. The van der Waals surface area contributed by atoms with E-state index in [-0.39, 0.29) is 0 Å². The summed E-state index contributed by atoms with van der Waals surface area (Å²) >= 11 is 1.93. The number of aromatic nitrogens is 1. The van der Waals surface area contributed by atoms with E-state index < -0.39 is 5.97 Å². The van der Waals surface area contributed by atoms with Gasteiger partial charge in [0.05, 0.1) is 14.2 Å². The summed E-state index contributed by atoms with van der Waals surface area (Å²) in [7, 11) is 2.85. The lowest BCUT2D eigenvalue weighted by atomic mass is 9.95. The Morgan fingerprint density at radius 3 is 2.86 bits per heavy atom. The van der Waals surface area contributed by atoms with E-state index in [1.54, 1.807) is 12.1 Å². The van der Waals surface area contributed by atoms with Crippen molar-refractivity contribution in [2.75, 3.05) is 25.8 Å². The van der Waals surface area contributed by atoms with Crippen molar-refractivity contribution in [2.24, 2.45) is 0 Å². The molecule has 2 atom stereocenters. The lowest BCUT2D eigenvalue weighted by molar-refractivity contribution is 0.0596. The van der Waals surface area contributed by atoms with Crippen molar-refractivity contribution in [2.45, 2.75) is 37.0 Å². The zero-order valence-electron chi connectivity index (χ0n) is 12.7. The molecule has 5 nitrogen and oxygen atoms in total. The van der Waals surface area contributed by atoms with Gasteiger partial charge in [0.1, 0.15) is 11.4 Å². The number of methoxy groups -OCH3 is 2. The normalized spacial score (nSPS) is 21.7. The van der Waals surface area contributed by atoms with Crippen LogP contribution in [0.3, 0.4) is 0 Å². The van der Waals surface area contributed by atoms with Gasteiger partial charge in [-0.05, 0) is 37.7 Å². The molecule has 1 aliphatic carbocycles. The number of anilines is 1. The quantitative estimate of drug-likeness (QED) is 0.844. The number of esters is 1. The van der Waals surface area contributed by atoms with Crippen molar-refractivity contribution in [1.82, 2.24) is 4.98 Å². The maximum Gasteiger partial charge on any atom is 0.343 e. The summed E-state index contributed by atoms with van der Waals surface area (Å²) in [4.78, 5) is 16.0. The Morgan fingerprint density at radius 1 is 1.38 bits per heavy atom. The summed E-state index contributed by atoms with van der Waals surface area (Å²) in [5.74, 6) is 0.598. The Morgan fingerprint density at radius 2 is 2.19 bits per heavy atom. The van der Waals surface area contributed by atoms with Crippen LogP contribution in [0.2, 0.25) is 0 Å². The predicted molar refractivity (Wildman–Crippen MR) is 85.3 cm³/mol. The third-order valence-corrected chi connectivity index (χ3v) is 4.87. The van der Waals surface area contributed by atoms with Crippen LogP contribution in [0.1, 0.15) is 36.0 Å². The van der Waals surface area contributed by atoms with Crippen molar-refractivity contribution in [3.8, 4) is 5.88 Å². The molecule has 6 heteroatoms. The molecule has 2 unspecified atom stereocenters. The van der Waals surface area contributed by atoms with Crippen LogP contribution in [0.15, 0.2) is 12.1 Å². The number of nitrogens with zero attached hydrogens (tertiary/aromatic N) is 1. The van der Waals surface area contributed by atoms with Gasteiger partial charge < -0.3 is 14.8 Å². The fourth-order valence-corrected chi connectivity index (χ4v) is 3.47. The second kappa shape index (κ2) is 7.54. The zero-order valence-corrected chi connectivity index (χ0v) is 13.5. The molecule has 0 aliphatic heterocycles. The third-order valence-electron chi connectivity index (χ3n) is 3.77. The molecule has 116 valence electrons. The second-order valence-electron chi connectivity index (χ2n) is 5.11. The minimum atomic E-state index is -0.439. The maximum atomic E-state index is 11.6. The summed E-state index contributed by atoms with van der Waals surface area (Å²) in [6, 6.07) is 3.92. The lowest BCUT2D eigenvalue weighted by Crippen LogP contribution is -2.29. The number of carbonyl (C=O) groups excluding carboxylic acids is 1. The number of rotatable bonds is 5. The summed E-state index contributed by atoms with van der Waals surface area (Å²) in [5.41, 5.74) is 0.344. The lowest BCUT2D eigenvalue weighted by Gasteiger charge is -2.29. The summed E-state index contributed by atoms with van der Waals surface area (Å²) in [5, 5.41) is 4.16. The van der Waals surface area contributed by atoms with E-state index in [2.05, 4.69) is 16.6 Å². The smallest absolute Gasteiger partial charge is 0.343 e. The molecule has 0 radical (unpaired) electrons. The van der Waals surface area contributed by atoms with Crippen LogP contribution in [-0.4, -0.2) is 42.7 Å². The number of hydrogen-bond acceptors (Lipinski definition) is 6. The average Bonchev–Trinajstić information content (AvgIpc) is 2.54. The van der Waals surface area contributed by atoms with E-state index in [1.165, 1.54) is 27.1 Å². The van der Waals surface area contributed by atoms with E-state index >= 15 is 0 Å². The minimum absolute atomic E-state index is 0.295. The highest BCUT2D eigenvalue weighted by atomic mass is 32.2. The topological polar surface area (TPSA) is 60.5 Å². The Balaban J connectivity index is 2.08. The Labute approximate surface area is 129 Å². The molecule has 2 rings (SSSR count). The number of carbonyl (C=O) groups is 1. The zero-order chi connectivity index (χ0) is 15.2. The van der Waals surface area contributed by atoms with Gasteiger partial charge in [-0.15, -0.1) is 0 Å². The van der Waals surface area contributed by atoms with Gasteiger partial charge in [-0.3, -0.25) is 0 Å². The molecule has 1 N–H and O–H groups in total. The molecule has 1 aliphatic rings. The number of ether oxygens (including phenoxy) is 2. The molecule has 0 saturated heterocycles. The Hall–Kier alpha value is -1.43. The van der Waals surface area contributed by atoms with Gasteiger partial charge >= 0.3 is 5.97 Å². The minimum Gasteiger partial charge on any atom is -0.480 e. The number of thioether (sulfide) groups is 1. The molecule has 1 aromatic heterocycles. The third kappa shape index (κ3) is 4.03. The fourth-order valence-electron chi connectivity index (χ4n) is 2.64. The monoisotopic (exact) mass is 310 g/mol. The first-order valence-electron chi connectivity index (χ1n) is 7.10. The fraction of sp³-hybridized carbons (Fsp3) is 0.600. The van der Waals surface area contributed by atoms with E-state index in [1.807, 2.05) is 11.8 Å². The van der Waals surface area contributed by atoms with Crippen LogP contribution < -0.4 is 10.1 Å². The molecule has 0 amide bonds. The maximum absolute atomic E-state index is 11.6. The van der Waals surface area contributed by atoms with Crippen molar-refractivity contribution in [3.63, 3.8) is 0 Å². The van der Waals surface area contributed by atoms with Gasteiger partial charge in [0.2, 0.25) is 5.88 Å². The molecule has 1 fully saturated rings. The van der Waals surface area contributed by atoms with Crippen molar-refractivity contribution < 1.29 is 14.3 Å². The second-order valence-corrected chi connectivity index (χ2v) is 6.25. The molecule has 0 spiro atoms. The average molecular weight is 310 g/mol. The largest absolute Gasteiger partial charge is 0.480 e. The number of pyridine rings is 1. The predicted octanol–water partition coefficient (Wildman–Crippen LogP) is 2.96. The first-order valence-corrected chi connectivity index (χ1v) is 8.39. The Kier molecular flexibility index (Phi) is 5.73. The summed E-state index contributed by atoms with van der Waals surface area (Å²) in [6.07, 6.45) is 6.99. The molecular weight excluding hydrogens is 288 g/mol. The summed E-state index contributed by atoms with van der Waals surface area (Å²) < 4.78 is 9.90. The molecule has 1 saturated carbocycles. The van der Waals surface area contributed by atoms with Gasteiger partial charge in [-0.2, -0.15) is 16.7 Å². The highest BCUT2D eigenvalue weighted by Gasteiger charge is 2.22. The van der Waals surface area contributed by atoms with Crippen molar-refractivity contribution in [1.29, 1.82) is 0 Å². The van der Waals surface area contributed by atoms with Crippen LogP contribution in [0, 0.1) is 0 Å². The van der Waals surface area contributed by atoms with Gasteiger partial charge in [0.15, 0.2) is 0 Å². The molecule has 0 bridgehead atoms. The standard InChI is InChI=1S/C15H22N2O3S/c1-19-14-12(15(18)20-2)7-8-13(17-14)16-10-5-4-6-11(9-10)21-3/h7-8,10-11H,4-6,9H2,1-3H3,(H,16,17). The van der Waals surface area contributed by atoms with E-state index in [0.717, 1.165) is 18.7 Å². The van der Waals surface area contributed by atoms with Gasteiger partial charge in [-0.25, -0.2) is 4.79 Å². The summed E-state index contributed by atoms with van der Waals surface area (Å²) in [6.45, 7) is 0. The van der Waals surface area contributed by atoms with Crippen LogP contribution >= 0.6 is 11.8 Å². The number of nitrogens with one attached hydrogen (secondary N) is 1. The van der Waals surface area contributed by atoms with Gasteiger partial charge in [0.25, 0.3) is 0 Å². The van der Waals surface area contributed by atoms with Crippen LogP contribution in [0.25, 0.3) is 0 Å². The Bertz CT molecular complexity index is 496. The molecule has 1 aromatic rings. The molecular formula is C15H22N2O3S. The first kappa shape index (κ1) is 15.9. The van der Waals surface area contributed by atoms with Crippen LogP contribution in [0.5, 0.6) is 5.88 Å². The van der Waals surface area contributed by atoms with Crippen molar-refractivity contribution >= 4 is 23.5 Å². The van der Waals surface area contributed by atoms with E-state index in [9.17, 15) is 4.79 Å².